The number of piperidine rings is 1. The molecule has 10 heterocycles. The lowest BCUT2D eigenvalue weighted by Crippen LogP contribution is -2.48. The first-order valence-corrected chi connectivity index (χ1v) is 38.8. The number of nitrogens with zero attached hydrogens (tertiary/aromatic N) is 6. The topological polar surface area (TPSA) is 327 Å². The highest BCUT2D eigenvalue weighted by molar-refractivity contribution is 7.93. The quantitative estimate of drug-likeness (QED) is 0.0642. The maximum Gasteiger partial charge on any atom is 0.410 e. The molecule has 7 aliphatic rings. The van der Waals surface area contributed by atoms with E-state index in [1.807, 2.05) is 142 Å². The third-order valence-corrected chi connectivity index (χ3v) is 21.8. The molecule has 2 saturated heterocycles. The number of piperazine rings is 1. The predicted octanol–water partition coefficient (Wildman–Crippen LogP) is 13.6. The number of imidazole rings is 2. The first kappa shape index (κ1) is 78.9. The van der Waals surface area contributed by atoms with Crippen molar-refractivity contribution < 1.29 is 37.1 Å². The number of para-hydroxylation sites is 2. The molecule has 0 atom stereocenters. The Kier molecular flexibility index (Phi) is 24.3. The molecule has 0 unspecified atom stereocenters. The highest BCUT2D eigenvalue weighted by Gasteiger charge is 2.34. The Hall–Kier alpha value is -12.7. The molecule has 0 aliphatic carbocycles. The molecule has 0 bridgehead atoms. The third-order valence-electron chi connectivity index (χ3n) is 20.0. The Balaban J connectivity index is 0.000000130. The molecule has 582 valence electrons. The van der Waals surface area contributed by atoms with Crippen LogP contribution in [0.2, 0.25) is 0 Å². The summed E-state index contributed by atoms with van der Waals surface area (Å²) >= 11 is 0. The van der Waals surface area contributed by atoms with Crippen molar-refractivity contribution in [2.75, 3.05) is 93.0 Å². The Labute approximate surface area is 650 Å². The highest BCUT2D eigenvalue weighted by atomic mass is 32.2. The summed E-state index contributed by atoms with van der Waals surface area (Å²) in [5.41, 5.74) is 19.3. The van der Waals surface area contributed by atoms with E-state index in [4.69, 9.17) is 4.74 Å². The van der Waals surface area contributed by atoms with E-state index in [-0.39, 0.29) is 42.6 Å². The Morgan fingerprint density at radius 1 is 0.545 bits per heavy atom. The van der Waals surface area contributed by atoms with Crippen LogP contribution >= 0.6 is 0 Å². The molecule has 7 aliphatic heterocycles. The molecule has 112 heavy (non-hydrogen) atoms. The molecular formula is C85H96N16O10S. The van der Waals surface area contributed by atoms with Gasteiger partial charge in [0.25, 0.3) is 11.8 Å². The van der Waals surface area contributed by atoms with Gasteiger partial charge >= 0.3 is 23.5 Å². The highest BCUT2D eigenvalue weighted by Crippen LogP contribution is 2.35. The fourth-order valence-corrected chi connectivity index (χ4v) is 15.9. The number of rotatable bonds is 9. The lowest BCUT2D eigenvalue weighted by atomic mass is 10.00. The average molecular weight is 1530 g/mol. The van der Waals surface area contributed by atoms with E-state index in [1.165, 1.54) is 21.6 Å². The van der Waals surface area contributed by atoms with Crippen LogP contribution in [0.1, 0.15) is 115 Å². The number of likely N-dealkylation sites (tertiary alicyclic amines) is 1. The van der Waals surface area contributed by atoms with Gasteiger partial charge in [0.05, 0.1) is 38.6 Å². The molecule has 26 nitrogen and oxygen atoms in total. The lowest BCUT2D eigenvalue weighted by Gasteiger charge is -2.35. The van der Waals surface area contributed by atoms with E-state index < -0.39 is 27.0 Å². The number of urea groups is 1. The number of hydrogen-bond donors (Lipinski definition) is 10. The number of allylic oxidation sites excluding steroid dienone is 3. The summed E-state index contributed by atoms with van der Waals surface area (Å²) in [5, 5.41) is 14.6. The Bertz CT molecular complexity index is 5320. The standard InChI is InChI=1S/C19H18N2O.C18H17N3O.C17H24N4O5S.C17H17N3O.C13H16N4O2.CH4/c1-13-11-16-12-15(8-9-17(16)20-13)19(22)21-10-4-6-14-5-2-3-7-18(14)21;1-12-9-14-10-15(11-19-17(14)20-12)18(22)21-8-4-6-13-5-2-3-7-16(13)21;1-17(2,3)26-16(23)21-8-6-12(7-9-21)27(24,25)20-11-4-5-13-14(10-11)19-15(22)18-13;1-12-9-14-7-8-15(10-16(14)19-12)20-17(21)18-11-13-5-3-2-4-6-13;1-9(18)16-4-6-17(7-5-16)10-2-3-11-12(8-10)15-13(19)14-11;/h2-3,5,7-9,12,20H,1,4,6,10-11H2;2-3,5,7,10-11H,1,4,6,8-9H2,(H,19,20);4-5,10,12,20H,6-9H2,1-3H3,(H2,18,19,22);2-8,10,19H,1,9,11H2,(H2,18,20,21);2-3,8H,4-7H2,1H3,(H2,14,15,19);1H4. The van der Waals surface area contributed by atoms with E-state index in [2.05, 4.69) is 93.0 Å². The van der Waals surface area contributed by atoms with Crippen molar-refractivity contribution in [3.8, 4) is 0 Å². The molecule has 17 rings (SSSR count). The Morgan fingerprint density at radius 2 is 1.10 bits per heavy atom. The number of anilines is 8. The number of benzene rings is 7. The number of aromatic amines is 4. The van der Waals surface area contributed by atoms with Gasteiger partial charge in [-0.15, -0.1) is 0 Å². The molecular weight excluding hydrogens is 1440 g/mol. The molecule has 0 saturated carbocycles. The van der Waals surface area contributed by atoms with Crippen molar-refractivity contribution in [1.29, 1.82) is 0 Å². The minimum atomic E-state index is -3.61. The van der Waals surface area contributed by atoms with Crippen molar-refractivity contribution in [1.82, 2.24) is 40.0 Å². The number of hydrogen-bond acceptors (Lipinski definition) is 15. The van der Waals surface area contributed by atoms with Gasteiger partial charge in [-0.2, -0.15) is 0 Å². The van der Waals surface area contributed by atoms with Crippen LogP contribution in [-0.2, 0) is 58.2 Å². The number of fused-ring (bicyclic) bond motifs is 7. The van der Waals surface area contributed by atoms with Crippen LogP contribution in [-0.4, -0.2) is 136 Å². The number of pyridine rings is 1. The van der Waals surface area contributed by atoms with Gasteiger partial charge in [0.2, 0.25) is 15.9 Å². The normalized spacial score (nSPS) is 15.3. The van der Waals surface area contributed by atoms with E-state index in [1.54, 1.807) is 52.1 Å². The van der Waals surface area contributed by atoms with Crippen LogP contribution in [0, 0.1) is 0 Å². The van der Waals surface area contributed by atoms with E-state index in [0.717, 1.165) is 175 Å². The molecule has 10 N–H and O–H groups in total. The molecule has 27 heteroatoms. The molecule has 2 fully saturated rings. The second kappa shape index (κ2) is 34.5. The zero-order valence-corrected chi connectivity index (χ0v) is 63.5. The lowest BCUT2D eigenvalue weighted by molar-refractivity contribution is -0.129. The number of ether oxygens (including phenoxy) is 1. The van der Waals surface area contributed by atoms with E-state index >= 15 is 0 Å². The van der Waals surface area contributed by atoms with Crippen molar-refractivity contribution in [3.05, 3.63) is 266 Å². The Morgan fingerprint density at radius 3 is 1.74 bits per heavy atom. The zero-order valence-electron chi connectivity index (χ0n) is 62.7. The van der Waals surface area contributed by atoms with Gasteiger partial charge in [-0.3, -0.25) is 19.1 Å². The van der Waals surface area contributed by atoms with Gasteiger partial charge in [0.15, 0.2) is 0 Å². The molecule has 6 amide bonds. The smallest absolute Gasteiger partial charge is 0.410 e. The summed E-state index contributed by atoms with van der Waals surface area (Å²) in [6, 6.07) is 50.3. The summed E-state index contributed by atoms with van der Waals surface area (Å²) in [6.45, 7) is 24.6. The number of carbonyl (C=O) groups is 5. The van der Waals surface area contributed by atoms with Crippen molar-refractivity contribution in [3.63, 3.8) is 0 Å². The maximum absolute atomic E-state index is 12.9. The van der Waals surface area contributed by atoms with Crippen molar-refractivity contribution in [2.45, 2.75) is 110 Å². The summed E-state index contributed by atoms with van der Waals surface area (Å²) in [6.07, 6.45) is 8.38. The van der Waals surface area contributed by atoms with Gasteiger partial charge in [-0.25, -0.2) is 32.6 Å². The first-order chi connectivity index (χ1) is 53.3. The molecule has 10 aromatic rings. The van der Waals surface area contributed by atoms with Gasteiger partial charge < -0.3 is 75.8 Å². The summed E-state index contributed by atoms with van der Waals surface area (Å²) in [7, 11) is -3.61. The van der Waals surface area contributed by atoms with Gasteiger partial charge in [0, 0.05) is 154 Å². The van der Waals surface area contributed by atoms with Crippen LogP contribution in [0.15, 0.2) is 210 Å². The molecule has 7 aromatic carbocycles. The van der Waals surface area contributed by atoms with Crippen molar-refractivity contribution >= 4 is 108 Å². The van der Waals surface area contributed by atoms with E-state index in [0.29, 0.717) is 54.8 Å². The summed E-state index contributed by atoms with van der Waals surface area (Å²) < 4.78 is 33.3. The average Bonchev–Trinajstić information content (AvgIpc) is 1.61. The second-order valence-electron chi connectivity index (χ2n) is 29.3. The minimum Gasteiger partial charge on any atom is -0.444 e. The second-order valence-corrected chi connectivity index (χ2v) is 31.3. The van der Waals surface area contributed by atoms with Gasteiger partial charge in [0.1, 0.15) is 11.4 Å². The third kappa shape index (κ3) is 19.5. The SMILES string of the molecule is C.C=C1Cc2cc(C(=O)N3CCCc4ccccc43)ccc2N1.C=C1Cc2cc(C(=O)N3CCCc4ccccc43)cnc2N1.C=C1Cc2ccc(NC(=O)NCc3ccccc3)cc2N1.CC(=O)N1CCN(c2ccc3[nH]c(=O)[nH]c3c2)CC1.CC(C)(C)OC(=O)N1CCC(S(=O)(=O)Nc2ccc3[nH]c(=O)[nH]c3c2)CC1. The molecule has 0 radical (unpaired) electrons. The summed E-state index contributed by atoms with van der Waals surface area (Å²) in [4.78, 5) is 108. The maximum atomic E-state index is 12.9. The molecule has 3 aromatic heterocycles. The molecule has 0 spiro atoms. The first-order valence-electron chi connectivity index (χ1n) is 37.2. The number of H-pyrrole nitrogens is 4. The van der Waals surface area contributed by atoms with E-state index in [9.17, 15) is 42.0 Å². The number of carbonyl (C=O) groups excluding carboxylic acids is 5. The van der Waals surface area contributed by atoms with Crippen LogP contribution in [0.4, 0.5) is 55.2 Å². The minimum absolute atomic E-state index is 0. The van der Waals surface area contributed by atoms with Crippen LogP contribution < -0.4 is 57.4 Å². The largest absolute Gasteiger partial charge is 0.444 e. The van der Waals surface area contributed by atoms with Crippen LogP contribution in [0.5, 0.6) is 0 Å². The fraction of sp³-hybridized carbons (Fsp3) is 0.294. The van der Waals surface area contributed by atoms with Crippen LogP contribution in [0.3, 0.4) is 0 Å². The number of aromatic nitrogens is 5. The summed E-state index contributed by atoms with van der Waals surface area (Å²) in [5.74, 6) is 1.07. The van der Waals surface area contributed by atoms with Crippen molar-refractivity contribution in [2.24, 2.45) is 0 Å². The zero-order chi connectivity index (χ0) is 78.1. The number of amides is 6. The number of nitrogens with one attached hydrogen (secondary N) is 10. The predicted molar refractivity (Wildman–Crippen MR) is 444 cm³/mol. The monoisotopic (exact) mass is 1530 g/mol. The number of aryl methyl sites for hydroxylation is 2. The van der Waals surface area contributed by atoms with Crippen LogP contribution in [0.25, 0.3) is 22.1 Å². The number of sulfonamides is 1. The van der Waals surface area contributed by atoms with Gasteiger partial charge in [-0.05, 0) is 172 Å². The fourth-order valence-electron chi connectivity index (χ4n) is 14.4. The van der Waals surface area contributed by atoms with Gasteiger partial charge in [-0.1, -0.05) is 100.0 Å².